The van der Waals surface area contributed by atoms with E-state index in [9.17, 15) is 4.39 Å². The highest BCUT2D eigenvalue weighted by atomic mass is 79.9. The first kappa shape index (κ1) is 13.6. The molecule has 0 aliphatic heterocycles. The molecule has 2 nitrogen and oxygen atoms in total. The second-order valence-corrected chi connectivity index (χ2v) is 4.83. The first-order valence-electron chi connectivity index (χ1n) is 5.36. The maximum atomic E-state index is 13.3. The van der Waals surface area contributed by atoms with Gasteiger partial charge in [-0.15, -0.1) is 0 Å². The zero-order valence-corrected chi connectivity index (χ0v) is 11.1. The maximum absolute atomic E-state index is 13.3. The van der Waals surface area contributed by atoms with Crippen molar-refractivity contribution < 1.29 is 9.50 Å². The van der Waals surface area contributed by atoms with Crippen molar-refractivity contribution in [2.75, 3.05) is 6.61 Å². The van der Waals surface area contributed by atoms with Crippen LogP contribution in [0.4, 0.5) is 4.39 Å². The number of nitrogens with one attached hydrogen (secondary N) is 1. The Kier molecular flexibility index (Phi) is 5.38. The summed E-state index contributed by atoms with van der Waals surface area (Å²) in [5, 5.41) is 12.1. The Balaban J connectivity index is 2.65. The second kappa shape index (κ2) is 6.33. The molecule has 1 unspecified atom stereocenters. The van der Waals surface area contributed by atoms with Crippen molar-refractivity contribution >= 4 is 15.9 Å². The number of hydrogen-bond donors (Lipinski definition) is 2. The van der Waals surface area contributed by atoms with Gasteiger partial charge in [-0.3, -0.25) is 0 Å². The molecule has 2 atom stereocenters. The molecule has 1 aromatic rings. The van der Waals surface area contributed by atoms with E-state index < -0.39 is 0 Å². The SMILES string of the molecule is CC(N[C@H](C)CCO)c1ccc(Br)c(F)c1. The molecule has 0 amide bonds. The average molecular weight is 290 g/mol. The lowest BCUT2D eigenvalue weighted by molar-refractivity contribution is 0.264. The van der Waals surface area contributed by atoms with Gasteiger partial charge in [0.05, 0.1) is 4.47 Å². The summed E-state index contributed by atoms with van der Waals surface area (Å²) in [6.45, 7) is 4.15. The van der Waals surface area contributed by atoms with Crippen molar-refractivity contribution in [3.8, 4) is 0 Å². The highest BCUT2D eigenvalue weighted by Gasteiger charge is 2.10. The quantitative estimate of drug-likeness (QED) is 0.873. The Morgan fingerprint density at radius 2 is 2.12 bits per heavy atom. The van der Waals surface area contributed by atoms with E-state index in [4.69, 9.17) is 5.11 Å². The Bertz CT molecular complexity index is 346. The van der Waals surface area contributed by atoms with Gasteiger partial charge in [0, 0.05) is 18.7 Å². The van der Waals surface area contributed by atoms with Crippen LogP contribution in [0, 0.1) is 5.82 Å². The van der Waals surface area contributed by atoms with Crippen LogP contribution in [0.15, 0.2) is 22.7 Å². The summed E-state index contributed by atoms with van der Waals surface area (Å²) in [5.74, 6) is -0.249. The van der Waals surface area contributed by atoms with Gasteiger partial charge in [-0.05, 0) is 53.9 Å². The monoisotopic (exact) mass is 289 g/mol. The van der Waals surface area contributed by atoms with E-state index in [1.807, 2.05) is 19.9 Å². The minimum absolute atomic E-state index is 0.0733. The lowest BCUT2D eigenvalue weighted by Crippen LogP contribution is -2.29. The largest absolute Gasteiger partial charge is 0.396 e. The van der Waals surface area contributed by atoms with Crippen LogP contribution in [0.2, 0.25) is 0 Å². The summed E-state index contributed by atoms with van der Waals surface area (Å²) in [4.78, 5) is 0. The van der Waals surface area contributed by atoms with Crippen LogP contribution in [0.5, 0.6) is 0 Å². The van der Waals surface area contributed by atoms with E-state index in [0.29, 0.717) is 10.9 Å². The van der Waals surface area contributed by atoms with Crippen LogP contribution in [0.3, 0.4) is 0 Å². The summed E-state index contributed by atoms with van der Waals surface area (Å²) in [7, 11) is 0. The molecule has 0 saturated carbocycles. The number of hydrogen-bond acceptors (Lipinski definition) is 2. The van der Waals surface area contributed by atoms with Gasteiger partial charge in [-0.25, -0.2) is 4.39 Å². The van der Waals surface area contributed by atoms with Crippen LogP contribution in [-0.2, 0) is 0 Å². The molecule has 0 aromatic heterocycles. The molecule has 0 heterocycles. The molecule has 0 aliphatic rings. The number of rotatable bonds is 5. The first-order valence-corrected chi connectivity index (χ1v) is 6.15. The zero-order valence-electron chi connectivity index (χ0n) is 9.50. The molecular formula is C12H17BrFNO. The number of halogens is 2. The summed E-state index contributed by atoms with van der Waals surface area (Å²) < 4.78 is 13.8. The van der Waals surface area contributed by atoms with Crippen molar-refractivity contribution in [1.82, 2.24) is 5.32 Å². The summed E-state index contributed by atoms with van der Waals surface area (Å²) in [6, 6.07) is 5.40. The minimum atomic E-state index is -0.249. The van der Waals surface area contributed by atoms with Crippen molar-refractivity contribution in [2.24, 2.45) is 0 Å². The molecule has 0 spiro atoms. The number of benzene rings is 1. The fourth-order valence-electron chi connectivity index (χ4n) is 1.58. The van der Waals surface area contributed by atoms with Crippen molar-refractivity contribution in [3.63, 3.8) is 0 Å². The molecule has 2 N–H and O–H groups in total. The smallest absolute Gasteiger partial charge is 0.137 e. The highest BCUT2D eigenvalue weighted by molar-refractivity contribution is 9.10. The summed E-state index contributed by atoms with van der Waals surface area (Å²) >= 11 is 3.13. The van der Waals surface area contributed by atoms with E-state index in [1.54, 1.807) is 6.07 Å². The van der Waals surface area contributed by atoms with Gasteiger partial charge in [0.25, 0.3) is 0 Å². The van der Waals surface area contributed by atoms with Gasteiger partial charge in [-0.1, -0.05) is 6.07 Å². The van der Waals surface area contributed by atoms with E-state index in [1.165, 1.54) is 6.07 Å². The van der Waals surface area contributed by atoms with E-state index >= 15 is 0 Å². The van der Waals surface area contributed by atoms with E-state index in [2.05, 4.69) is 21.2 Å². The van der Waals surface area contributed by atoms with Gasteiger partial charge in [0.15, 0.2) is 0 Å². The van der Waals surface area contributed by atoms with Crippen molar-refractivity contribution in [3.05, 3.63) is 34.1 Å². The molecule has 0 aliphatic carbocycles. The van der Waals surface area contributed by atoms with Crippen LogP contribution in [0.1, 0.15) is 31.9 Å². The average Bonchev–Trinajstić information content (AvgIpc) is 2.22. The molecule has 0 fully saturated rings. The fraction of sp³-hybridized carbons (Fsp3) is 0.500. The third-order valence-electron chi connectivity index (χ3n) is 2.54. The fourth-order valence-corrected chi connectivity index (χ4v) is 1.83. The third-order valence-corrected chi connectivity index (χ3v) is 3.18. The lowest BCUT2D eigenvalue weighted by atomic mass is 10.1. The Labute approximate surface area is 104 Å². The topological polar surface area (TPSA) is 32.3 Å². The molecule has 1 aromatic carbocycles. The van der Waals surface area contributed by atoms with Gasteiger partial charge >= 0.3 is 0 Å². The molecule has 0 saturated heterocycles. The molecule has 90 valence electrons. The Morgan fingerprint density at radius 3 is 2.69 bits per heavy atom. The van der Waals surface area contributed by atoms with Crippen LogP contribution in [-0.4, -0.2) is 17.8 Å². The predicted molar refractivity (Wildman–Crippen MR) is 66.8 cm³/mol. The molecule has 16 heavy (non-hydrogen) atoms. The van der Waals surface area contributed by atoms with Crippen LogP contribution >= 0.6 is 15.9 Å². The standard InChI is InChI=1S/C12H17BrFNO/c1-8(5-6-16)15-9(2)10-3-4-11(13)12(14)7-10/h3-4,7-9,15-16H,5-6H2,1-2H3/t8-,9?/m1/s1. The summed E-state index contributed by atoms with van der Waals surface area (Å²) in [5.41, 5.74) is 0.908. The van der Waals surface area contributed by atoms with E-state index in [0.717, 1.165) is 5.56 Å². The van der Waals surface area contributed by atoms with Gasteiger partial charge < -0.3 is 10.4 Å². The maximum Gasteiger partial charge on any atom is 0.137 e. The van der Waals surface area contributed by atoms with Gasteiger partial charge in [0.1, 0.15) is 5.82 Å². The number of aliphatic hydroxyl groups is 1. The van der Waals surface area contributed by atoms with Crippen molar-refractivity contribution in [2.45, 2.75) is 32.4 Å². The zero-order chi connectivity index (χ0) is 12.1. The van der Waals surface area contributed by atoms with E-state index in [-0.39, 0.29) is 24.5 Å². The van der Waals surface area contributed by atoms with Gasteiger partial charge in [-0.2, -0.15) is 0 Å². The molecule has 0 radical (unpaired) electrons. The Hall–Kier alpha value is -0.450. The predicted octanol–water partition coefficient (Wildman–Crippen LogP) is 3.01. The van der Waals surface area contributed by atoms with Crippen LogP contribution < -0.4 is 5.32 Å². The third kappa shape index (κ3) is 3.85. The molecule has 1 rings (SSSR count). The highest BCUT2D eigenvalue weighted by Crippen LogP contribution is 2.20. The lowest BCUT2D eigenvalue weighted by Gasteiger charge is -2.19. The van der Waals surface area contributed by atoms with Crippen LogP contribution in [0.25, 0.3) is 0 Å². The molecule has 0 bridgehead atoms. The normalized spacial score (nSPS) is 14.8. The number of aliphatic hydroxyl groups excluding tert-OH is 1. The van der Waals surface area contributed by atoms with Crippen molar-refractivity contribution in [1.29, 1.82) is 0 Å². The molecular weight excluding hydrogens is 273 g/mol. The second-order valence-electron chi connectivity index (χ2n) is 3.98. The Morgan fingerprint density at radius 1 is 1.44 bits per heavy atom. The van der Waals surface area contributed by atoms with Gasteiger partial charge in [0.2, 0.25) is 0 Å². The molecule has 4 heteroatoms. The minimum Gasteiger partial charge on any atom is -0.396 e. The first-order chi connectivity index (χ1) is 7.54. The summed E-state index contributed by atoms with van der Waals surface area (Å²) in [6.07, 6.45) is 0.698.